The molecule has 0 aromatic carbocycles. The summed E-state index contributed by atoms with van der Waals surface area (Å²) in [4.78, 5) is 11.1. The summed E-state index contributed by atoms with van der Waals surface area (Å²) in [6.45, 7) is 7.44. The van der Waals surface area contributed by atoms with Crippen molar-refractivity contribution in [3.05, 3.63) is 36.5 Å². The predicted molar refractivity (Wildman–Crippen MR) is 54.3 cm³/mol. The molecule has 0 bridgehead atoms. The molecule has 0 saturated carbocycles. The van der Waals surface area contributed by atoms with E-state index < -0.39 is 0 Å². The fourth-order valence-electron chi connectivity index (χ4n) is 0.616. The van der Waals surface area contributed by atoms with Gasteiger partial charge in [0.05, 0.1) is 0 Å². The van der Waals surface area contributed by atoms with Gasteiger partial charge >= 0.3 is 5.97 Å². The highest BCUT2D eigenvalue weighted by molar-refractivity contribution is 5.87. The van der Waals surface area contributed by atoms with Crippen LogP contribution in [-0.2, 0) is 9.53 Å². The predicted octanol–water partition coefficient (Wildman–Crippen LogP) is 2.63. The first-order chi connectivity index (χ1) is 6.22. The van der Waals surface area contributed by atoms with E-state index in [1.165, 1.54) is 0 Å². The van der Waals surface area contributed by atoms with Crippen molar-refractivity contribution in [1.29, 1.82) is 0 Å². The van der Waals surface area contributed by atoms with Crippen molar-refractivity contribution < 1.29 is 9.53 Å². The first-order valence-corrected chi connectivity index (χ1v) is 4.28. The van der Waals surface area contributed by atoms with Gasteiger partial charge in [0.25, 0.3) is 0 Å². The summed E-state index contributed by atoms with van der Waals surface area (Å²) in [6, 6.07) is 0. The Morgan fingerprint density at radius 2 is 2.15 bits per heavy atom. The monoisotopic (exact) mass is 180 g/mol. The normalized spacial score (nSPS) is 11.7. The molecule has 0 aromatic heterocycles. The minimum Gasteiger partial charge on any atom is -0.458 e. The lowest BCUT2D eigenvalue weighted by molar-refractivity contribution is -0.137. The molecule has 0 N–H and O–H groups in total. The zero-order valence-electron chi connectivity index (χ0n) is 8.25. The molecule has 0 aliphatic rings. The van der Waals surface area contributed by atoms with Crippen LogP contribution < -0.4 is 0 Å². The first kappa shape index (κ1) is 11.7. The van der Waals surface area contributed by atoms with E-state index in [2.05, 4.69) is 6.58 Å². The van der Waals surface area contributed by atoms with Crippen LogP contribution in [0.3, 0.4) is 0 Å². The maximum absolute atomic E-state index is 11.1. The largest absolute Gasteiger partial charge is 0.458 e. The Bertz CT molecular complexity index is 224. The minimum atomic E-state index is -0.259. The van der Waals surface area contributed by atoms with Crippen LogP contribution in [0.1, 0.15) is 20.3 Å². The van der Waals surface area contributed by atoms with Crippen molar-refractivity contribution in [2.75, 3.05) is 6.61 Å². The third-order valence-corrected chi connectivity index (χ3v) is 1.54. The van der Waals surface area contributed by atoms with Crippen LogP contribution in [0.2, 0.25) is 0 Å². The molecule has 0 radical (unpaired) electrons. The number of carbonyl (C=O) groups is 1. The van der Waals surface area contributed by atoms with Crippen molar-refractivity contribution >= 4 is 5.97 Å². The number of allylic oxidation sites excluding steroid dienone is 3. The maximum atomic E-state index is 11.1. The molecule has 0 saturated heterocycles. The molecular formula is C11H16O2. The summed E-state index contributed by atoms with van der Waals surface area (Å²) in [7, 11) is 0. The Hall–Kier alpha value is -1.31. The molecule has 0 amide bonds. The second kappa shape index (κ2) is 7.35. The van der Waals surface area contributed by atoms with E-state index >= 15 is 0 Å². The van der Waals surface area contributed by atoms with Gasteiger partial charge in [-0.25, -0.2) is 4.79 Å². The van der Waals surface area contributed by atoms with Crippen molar-refractivity contribution in [2.45, 2.75) is 20.3 Å². The standard InChI is InChI=1S/C11H16O2/c1-4-6-7-8-9-13-11(12)10(3)5-2/h4-5,7-8H,1,6,9H2,2-3H3/b8-7+,10-5+. The van der Waals surface area contributed by atoms with E-state index in [0.717, 1.165) is 6.42 Å². The molecule has 0 atom stereocenters. The number of esters is 1. The van der Waals surface area contributed by atoms with Gasteiger partial charge in [0.1, 0.15) is 6.61 Å². The molecule has 0 fully saturated rings. The van der Waals surface area contributed by atoms with Gasteiger partial charge in [-0.1, -0.05) is 24.3 Å². The molecule has 72 valence electrons. The van der Waals surface area contributed by atoms with E-state index in [-0.39, 0.29) is 5.97 Å². The van der Waals surface area contributed by atoms with Crippen molar-refractivity contribution in [2.24, 2.45) is 0 Å². The summed E-state index contributed by atoms with van der Waals surface area (Å²) in [5.41, 5.74) is 0.636. The van der Waals surface area contributed by atoms with E-state index in [9.17, 15) is 4.79 Å². The summed E-state index contributed by atoms with van der Waals surface area (Å²) >= 11 is 0. The highest BCUT2D eigenvalue weighted by atomic mass is 16.5. The van der Waals surface area contributed by atoms with Crippen LogP contribution in [0.15, 0.2) is 36.5 Å². The summed E-state index contributed by atoms with van der Waals surface area (Å²) in [5, 5.41) is 0. The van der Waals surface area contributed by atoms with Gasteiger partial charge in [-0.2, -0.15) is 0 Å². The highest BCUT2D eigenvalue weighted by Gasteiger charge is 2.01. The second-order valence-electron chi connectivity index (χ2n) is 2.57. The fourth-order valence-corrected chi connectivity index (χ4v) is 0.616. The van der Waals surface area contributed by atoms with Crippen LogP contribution >= 0.6 is 0 Å². The number of carbonyl (C=O) groups excluding carboxylic acids is 1. The highest BCUT2D eigenvalue weighted by Crippen LogP contribution is 1.95. The van der Waals surface area contributed by atoms with Crippen LogP contribution in [0, 0.1) is 0 Å². The van der Waals surface area contributed by atoms with E-state index in [1.54, 1.807) is 19.1 Å². The van der Waals surface area contributed by atoms with Gasteiger partial charge in [-0.3, -0.25) is 0 Å². The molecule has 0 spiro atoms. The van der Waals surface area contributed by atoms with Crippen molar-refractivity contribution in [3.8, 4) is 0 Å². The lowest BCUT2D eigenvalue weighted by atomic mass is 10.3. The first-order valence-electron chi connectivity index (χ1n) is 4.28. The van der Waals surface area contributed by atoms with Gasteiger partial charge in [-0.15, -0.1) is 6.58 Å². The summed E-state index contributed by atoms with van der Waals surface area (Å²) < 4.78 is 4.91. The molecule has 0 aliphatic heterocycles. The Balaban J connectivity index is 3.65. The second-order valence-corrected chi connectivity index (χ2v) is 2.57. The molecule has 0 aliphatic carbocycles. The van der Waals surface area contributed by atoms with E-state index in [4.69, 9.17) is 4.74 Å². The van der Waals surface area contributed by atoms with E-state index in [1.807, 2.05) is 19.1 Å². The average molecular weight is 180 g/mol. The zero-order valence-corrected chi connectivity index (χ0v) is 8.25. The minimum absolute atomic E-state index is 0.259. The lowest BCUT2D eigenvalue weighted by Gasteiger charge is -1.99. The Morgan fingerprint density at radius 1 is 1.46 bits per heavy atom. The Labute approximate surface area is 79.6 Å². The van der Waals surface area contributed by atoms with Gasteiger partial charge in [0, 0.05) is 5.57 Å². The number of hydrogen-bond donors (Lipinski definition) is 0. The van der Waals surface area contributed by atoms with Gasteiger partial charge in [0.2, 0.25) is 0 Å². The third-order valence-electron chi connectivity index (χ3n) is 1.54. The molecule has 2 heteroatoms. The van der Waals surface area contributed by atoms with Crippen molar-refractivity contribution in [3.63, 3.8) is 0 Å². The lowest BCUT2D eigenvalue weighted by Crippen LogP contribution is -2.05. The summed E-state index contributed by atoms with van der Waals surface area (Å²) in [5.74, 6) is -0.259. The fraction of sp³-hybridized carbons (Fsp3) is 0.364. The smallest absolute Gasteiger partial charge is 0.333 e. The van der Waals surface area contributed by atoms with Crippen LogP contribution in [0.4, 0.5) is 0 Å². The quantitative estimate of drug-likeness (QED) is 0.369. The molecule has 0 unspecified atom stereocenters. The summed E-state index contributed by atoms with van der Waals surface area (Å²) in [6.07, 6.45) is 8.04. The molecule has 0 heterocycles. The van der Waals surface area contributed by atoms with Crippen LogP contribution in [-0.4, -0.2) is 12.6 Å². The van der Waals surface area contributed by atoms with E-state index in [0.29, 0.717) is 12.2 Å². The van der Waals surface area contributed by atoms with Gasteiger partial charge < -0.3 is 4.74 Å². The number of hydrogen-bond acceptors (Lipinski definition) is 2. The SMILES string of the molecule is C=CC/C=C/COC(=O)/C(C)=C/C. The van der Waals surface area contributed by atoms with Crippen molar-refractivity contribution in [1.82, 2.24) is 0 Å². The Morgan fingerprint density at radius 3 is 2.69 bits per heavy atom. The van der Waals surface area contributed by atoms with Crippen LogP contribution in [0.25, 0.3) is 0 Å². The molecule has 2 nitrogen and oxygen atoms in total. The third kappa shape index (κ3) is 5.91. The Kier molecular flexibility index (Phi) is 6.60. The number of ether oxygens (including phenoxy) is 1. The molecule has 0 rings (SSSR count). The topological polar surface area (TPSA) is 26.3 Å². The maximum Gasteiger partial charge on any atom is 0.333 e. The molecule has 0 aromatic rings. The number of rotatable bonds is 5. The van der Waals surface area contributed by atoms with Gasteiger partial charge in [0.15, 0.2) is 0 Å². The van der Waals surface area contributed by atoms with Crippen LogP contribution in [0.5, 0.6) is 0 Å². The average Bonchev–Trinajstić information content (AvgIpc) is 2.16. The van der Waals surface area contributed by atoms with Gasteiger partial charge in [-0.05, 0) is 20.3 Å². The zero-order chi connectivity index (χ0) is 10.1. The molecule has 13 heavy (non-hydrogen) atoms. The molecular weight excluding hydrogens is 164 g/mol.